The molecule has 0 spiro atoms. The highest BCUT2D eigenvalue weighted by Crippen LogP contribution is 2.22. The first-order chi connectivity index (χ1) is 8.66. The molecule has 1 aromatic carbocycles. The van der Waals surface area contributed by atoms with Crippen LogP contribution in [-0.4, -0.2) is 37.0 Å². The van der Waals surface area contributed by atoms with Crippen LogP contribution in [0.4, 0.5) is 0 Å². The Bertz CT molecular complexity index is 406. The molecule has 1 aromatic rings. The first-order valence-electron chi connectivity index (χ1n) is 6.40. The Balaban J connectivity index is 0.00000180. The highest BCUT2D eigenvalue weighted by atomic mass is 35.5. The number of benzene rings is 1. The van der Waals surface area contributed by atoms with Gasteiger partial charge in [-0.25, -0.2) is 0 Å². The summed E-state index contributed by atoms with van der Waals surface area (Å²) in [6, 6.07) is 8.18. The molecule has 114 valence electrons. The second-order valence-corrected chi connectivity index (χ2v) is 4.62. The minimum absolute atomic E-state index is 0. The molecule has 4 nitrogen and oxygen atoms in total. The molecule has 6 heteroatoms. The molecule has 0 aliphatic carbocycles. The number of nitrogens with one attached hydrogen (secondary N) is 1. The topological polar surface area (TPSA) is 41.6 Å². The fraction of sp³-hybridized carbons (Fsp3) is 0.500. The molecule has 1 aliphatic heterocycles. The zero-order valence-corrected chi connectivity index (χ0v) is 13.4. The van der Waals surface area contributed by atoms with Gasteiger partial charge in [0.1, 0.15) is 5.75 Å². The van der Waals surface area contributed by atoms with Crippen LogP contribution in [0, 0.1) is 0 Å². The first kappa shape index (κ1) is 19.2. The van der Waals surface area contributed by atoms with Gasteiger partial charge in [0.05, 0.1) is 0 Å². The number of carbonyl (C=O) groups is 1. The van der Waals surface area contributed by atoms with Gasteiger partial charge in [-0.05, 0) is 24.6 Å². The van der Waals surface area contributed by atoms with Crippen molar-refractivity contribution in [3.63, 3.8) is 0 Å². The van der Waals surface area contributed by atoms with Crippen LogP contribution >= 0.6 is 24.8 Å². The molecule has 0 amide bonds. The van der Waals surface area contributed by atoms with Gasteiger partial charge in [-0.15, -0.1) is 24.8 Å². The normalized spacial score (nSPS) is 16.5. The van der Waals surface area contributed by atoms with Crippen molar-refractivity contribution >= 4 is 30.8 Å². The molecule has 0 unspecified atom stereocenters. The molecule has 1 N–H and O–H groups in total. The lowest BCUT2D eigenvalue weighted by Crippen LogP contribution is -2.44. The Labute approximate surface area is 132 Å². The van der Waals surface area contributed by atoms with Gasteiger partial charge < -0.3 is 10.1 Å². The van der Waals surface area contributed by atoms with Gasteiger partial charge in [-0.2, -0.15) is 0 Å². The van der Waals surface area contributed by atoms with Crippen LogP contribution in [0.1, 0.15) is 25.5 Å². The summed E-state index contributed by atoms with van der Waals surface area (Å²) in [6.07, 6.45) is 0. The van der Waals surface area contributed by atoms with Crippen molar-refractivity contribution in [2.24, 2.45) is 0 Å². The quantitative estimate of drug-likeness (QED) is 0.686. The van der Waals surface area contributed by atoms with Gasteiger partial charge in [0, 0.05) is 39.1 Å². The summed E-state index contributed by atoms with van der Waals surface area (Å²) in [6.45, 7) is 7.88. The van der Waals surface area contributed by atoms with E-state index in [1.54, 1.807) is 0 Å². The van der Waals surface area contributed by atoms with Gasteiger partial charge in [0.2, 0.25) is 0 Å². The Morgan fingerprint density at radius 1 is 1.20 bits per heavy atom. The highest BCUT2D eigenvalue weighted by Gasteiger charge is 2.17. The van der Waals surface area contributed by atoms with Crippen molar-refractivity contribution in [3.05, 3.63) is 29.8 Å². The van der Waals surface area contributed by atoms with Crippen LogP contribution in [0.3, 0.4) is 0 Å². The predicted molar refractivity (Wildman–Crippen MR) is 85.1 cm³/mol. The highest BCUT2D eigenvalue weighted by molar-refractivity contribution is 5.85. The number of piperazine rings is 1. The van der Waals surface area contributed by atoms with Crippen LogP contribution in [0.15, 0.2) is 24.3 Å². The largest absolute Gasteiger partial charge is 0.427 e. The number of hydrogen-bond donors (Lipinski definition) is 1. The first-order valence-corrected chi connectivity index (χ1v) is 6.40. The number of ether oxygens (including phenoxy) is 1. The number of esters is 1. The van der Waals surface area contributed by atoms with Crippen LogP contribution in [0.2, 0.25) is 0 Å². The van der Waals surface area contributed by atoms with Crippen LogP contribution in [-0.2, 0) is 4.79 Å². The lowest BCUT2D eigenvalue weighted by molar-refractivity contribution is -0.131. The SMILES string of the molecule is CC(=O)Oc1ccc([C@H](C)N2CCNCC2)cc1.Cl.Cl. The van der Waals surface area contributed by atoms with E-state index < -0.39 is 0 Å². The van der Waals surface area contributed by atoms with Crippen molar-refractivity contribution in [1.82, 2.24) is 10.2 Å². The van der Waals surface area contributed by atoms with Crippen molar-refractivity contribution in [3.8, 4) is 5.75 Å². The molecule has 0 aromatic heterocycles. The molecule has 0 radical (unpaired) electrons. The second-order valence-electron chi connectivity index (χ2n) is 4.62. The predicted octanol–water partition coefficient (Wildman–Crippen LogP) is 2.42. The summed E-state index contributed by atoms with van der Waals surface area (Å²) >= 11 is 0. The number of rotatable bonds is 3. The van der Waals surface area contributed by atoms with Crippen LogP contribution in [0.25, 0.3) is 0 Å². The van der Waals surface area contributed by atoms with Gasteiger partial charge in [-0.1, -0.05) is 12.1 Å². The summed E-state index contributed by atoms with van der Waals surface area (Å²) in [7, 11) is 0. The second kappa shape index (κ2) is 9.19. The van der Waals surface area contributed by atoms with E-state index in [4.69, 9.17) is 4.74 Å². The van der Waals surface area contributed by atoms with Crippen molar-refractivity contribution in [1.29, 1.82) is 0 Å². The maximum absolute atomic E-state index is 10.8. The average Bonchev–Trinajstić information content (AvgIpc) is 2.39. The summed E-state index contributed by atoms with van der Waals surface area (Å²) in [5.41, 5.74) is 1.26. The van der Waals surface area contributed by atoms with E-state index in [0.717, 1.165) is 26.2 Å². The molecule has 1 fully saturated rings. The molecule has 0 bridgehead atoms. The van der Waals surface area contributed by atoms with Crippen LogP contribution in [0.5, 0.6) is 5.75 Å². The summed E-state index contributed by atoms with van der Waals surface area (Å²) in [4.78, 5) is 13.3. The molecule has 1 aliphatic rings. The number of carbonyl (C=O) groups excluding carboxylic acids is 1. The lowest BCUT2D eigenvalue weighted by atomic mass is 10.1. The molecule has 20 heavy (non-hydrogen) atoms. The zero-order valence-electron chi connectivity index (χ0n) is 11.8. The molecular weight excluding hydrogens is 299 g/mol. The fourth-order valence-electron chi connectivity index (χ4n) is 2.26. The molecular formula is C14H22Cl2N2O2. The Morgan fingerprint density at radius 2 is 1.75 bits per heavy atom. The summed E-state index contributed by atoms with van der Waals surface area (Å²) < 4.78 is 5.03. The van der Waals surface area contributed by atoms with Crippen molar-refractivity contribution < 1.29 is 9.53 Å². The minimum atomic E-state index is -0.280. The zero-order chi connectivity index (χ0) is 13.0. The van der Waals surface area contributed by atoms with Crippen LogP contribution < -0.4 is 10.1 Å². The standard InChI is InChI=1S/C14H20N2O2.2ClH/c1-11(16-9-7-15-8-10-16)13-3-5-14(6-4-13)18-12(2)17;;/h3-6,11,15H,7-10H2,1-2H3;2*1H/t11-;;/m0../s1. The van der Waals surface area contributed by atoms with E-state index in [2.05, 4.69) is 17.1 Å². The van der Waals surface area contributed by atoms with E-state index in [1.165, 1.54) is 12.5 Å². The van der Waals surface area contributed by atoms with E-state index in [9.17, 15) is 4.79 Å². The maximum atomic E-state index is 10.8. The lowest BCUT2D eigenvalue weighted by Gasteiger charge is -2.33. The Morgan fingerprint density at radius 3 is 2.25 bits per heavy atom. The number of nitrogens with zero attached hydrogens (tertiary/aromatic N) is 1. The summed E-state index contributed by atoms with van der Waals surface area (Å²) in [5, 5.41) is 3.35. The Hall–Kier alpha value is -0.810. The van der Waals surface area contributed by atoms with Crippen molar-refractivity contribution in [2.45, 2.75) is 19.9 Å². The minimum Gasteiger partial charge on any atom is -0.427 e. The van der Waals surface area contributed by atoms with E-state index in [-0.39, 0.29) is 30.8 Å². The molecule has 1 heterocycles. The van der Waals surface area contributed by atoms with E-state index in [0.29, 0.717) is 11.8 Å². The monoisotopic (exact) mass is 320 g/mol. The Kier molecular flexibility index (Phi) is 8.81. The van der Waals surface area contributed by atoms with Gasteiger partial charge in [-0.3, -0.25) is 9.69 Å². The summed E-state index contributed by atoms with van der Waals surface area (Å²) in [5.74, 6) is 0.330. The molecule has 1 saturated heterocycles. The van der Waals surface area contributed by atoms with Gasteiger partial charge >= 0.3 is 5.97 Å². The average molecular weight is 321 g/mol. The number of halogens is 2. The van der Waals surface area contributed by atoms with Gasteiger partial charge in [0.25, 0.3) is 0 Å². The fourth-order valence-corrected chi connectivity index (χ4v) is 2.26. The third-order valence-electron chi connectivity index (χ3n) is 3.32. The van der Waals surface area contributed by atoms with Gasteiger partial charge in [0.15, 0.2) is 0 Å². The third kappa shape index (κ3) is 5.29. The van der Waals surface area contributed by atoms with Crippen molar-refractivity contribution in [2.75, 3.05) is 26.2 Å². The molecule has 1 atom stereocenters. The van der Waals surface area contributed by atoms with E-state index in [1.807, 2.05) is 24.3 Å². The maximum Gasteiger partial charge on any atom is 0.308 e. The number of hydrogen-bond acceptors (Lipinski definition) is 4. The third-order valence-corrected chi connectivity index (χ3v) is 3.32. The smallest absolute Gasteiger partial charge is 0.308 e. The van der Waals surface area contributed by atoms with E-state index >= 15 is 0 Å². The molecule has 2 rings (SSSR count). The molecule has 0 saturated carbocycles.